The van der Waals surface area contributed by atoms with Crippen LogP contribution in [0.1, 0.15) is 5.56 Å². The minimum Gasteiger partial charge on any atom is -0.361 e. The Hall–Kier alpha value is -1.10. The summed E-state index contributed by atoms with van der Waals surface area (Å²) in [5.74, 6) is -0.439. The molecule has 132 valence electrons. The van der Waals surface area contributed by atoms with Gasteiger partial charge in [-0.2, -0.15) is 0 Å². The lowest BCUT2D eigenvalue weighted by Gasteiger charge is -2.27. The lowest BCUT2D eigenvalue weighted by Crippen LogP contribution is -2.48. The number of benzene rings is 2. The van der Waals surface area contributed by atoms with E-state index < -0.39 is 15.9 Å². The first-order valence-corrected chi connectivity index (χ1v) is 8.96. The van der Waals surface area contributed by atoms with E-state index in [1.54, 1.807) is 24.3 Å². The maximum atomic E-state index is 12.1. The van der Waals surface area contributed by atoms with E-state index in [2.05, 4.69) is 10.6 Å². The molecule has 2 aromatic carbocycles. The van der Waals surface area contributed by atoms with Crippen LogP contribution in [0.3, 0.4) is 0 Å². The lowest BCUT2D eigenvalue weighted by atomic mass is 10.2. The monoisotopic (exact) mass is 436 g/mol. The van der Waals surface area contributed by atoms with Gasteiger partial charge in [-0.15, -0.1) is 0 Å². The van der Waals surface area contributed by atoms with Crippen LogP contribution < -0.4 is 10.6 Å². The molecule has 1 amide bonds. The summed E-state index contributed by atoms with van der Waals surface area (Å²) in [4.78, 5) is 12.1. The molecule has 0 radical (unpaired) electrons. The van der Waals surface area contributed by atoms with Crippen molar-refractivity contribution in [3.8, 4) is 0 Å². The Kier molecular flexibility index (Phi) is 7.29. The van der Waals surface area contributed by atoms with Gasteiger partial charge in [0.05, 0.1) is 10.7 Å². The summed E-state index contributed by atoms with van der Waals surface area (Å²) < 4.78 is -1.82. The summed E-state index contributed by atoms with van der Waals surface area (Å²) in [6.45, 7) is 0. The number of hydrogen-bond donors (Lipinski definition) is 2. The minimum atomic E-state index is -1.82. The van der Waals surface area contributed by atoms with Crippen LogP contribution in [0, 0.1) is 0 Å². The Balaban J connectivity index is 2.11. The van der Waals surface area contributed by atoms with Crippen LogP contribution in [0.2, 0.25) is 10.0 Å². The fourth-order valence-corrected chi connectivity index (χ4v) is 2.56. The molecule has 0 aliphatic rings. The standard InChI is InChI=1S/C17H13Cl5N2O/c18-12-7-8-13(19)14(10-12)23-16(17(20,21)22)24-15(25)9-6-11-4-2-1-3-5-11/h1-10,16,23H,(H,24,25). The van der Waals surface area contributed by atoms with Crippen molar-refractivity contribution < 1.29 is 4.79 Å². The maximum absolute atomic E-state index is 12.1. The summed E-state index contributed by atoms with van der Waals surface area (Å²) >= 11 is 29.9. The highest BCUT2D eigenvalue weighted by Crippen LogP contribution is 2.33. The van der Waals surface area contributed by atoms with Crippen LogP contribution in [0.15, 0.2) is 54.6 Å². The smallest absolute Gasteiger partial charge is 0.245 e. The van der Waals surface area contributed by atoms with Crippen LogP contribution in [-0.2, 0) is 4.79 Å². The van der Waals surface area contributed by atoms with Gasteiger partial charge in [-0.1, -0.05) is 88.3 Å². The molecule has 0 saturated carbocycles. The van der Waals surface area contributed by atoms with Crippen molar-refractivity contribution in [3.05, 3.63) is 70.2 Å². The number of rotatable bonds is 5. The van der Waals surface area contributed by atoms with Crippen LogP contribution >= 0.6 is 58.0 Å². The van der Waals surface area contributed by atoms with Crippen LogP contribution in [0.25, 0.3) is 6.08 Å². The number of anilines is 1. The maximum Gasteiger partial charge on any atom is 0.245 e. The van der Waals surface area contributed by atoms with Gasteiger partial charge >= 0.3 is 0 Å². The molecule has 2 aromatic rings. The number of amides is 1. The molecule has 0 saturated heterocycles. The predicted molar refractivity (Wildman–Crippen MR) is 108 cm³/mol. The molecule has 1 unspecified atom stereocenters. The van der Waals surface area contributed by atoms with Gasteiger partial charge in [0.15, 0.2) is 0 Å². The summed E-state index contributed by atoms with van der Waals surface area (Å²) in [6, 6.07) is 14.1. The van der Waals surface area contributed by atoms with Crippen molar-refractivity contribution in [1.82, 2.24) is 5.32 Å². The molecule has 2 rings (SSSR count). The first-order chi connectivity index (χ1) is 11.8. The second-order valence-corrected chi connectivity index (χ2v) is 8.21. The molecule has 3 nitrogen and oxygen atoms in total. The van der Waals surface area contributed by atoms with Crippen molar-refractivity contribution in [2.45, 2.75) is 9.96 Å². The Morgan fingerprint density at radius 3 is 2.36 bits per heavy atom. The molecule has 1 atom stereocenters. The number of nitrogens with one attached hydrogen (secondary N) is 2. The fourth-order valence-electron chi connectivity index (χ4n) is 1.89. The van der Waals surface area contributed by atoms with Crippen LogP contribution in [0.4, 0.5) is 5.69 Å². The molecule has 0 aliphatic heterocycles. The number of carbonyl (C=O) groups excluding carboxylic acids is 1. The first-order valence-electron chi connectivity index (χ1n) is 7.07. The summed E-state index contributed by atoms with van der Waals surface area (Å²) in [5.41, 5.74) is 1.30. The van der Waals surface area contributed by atoms with E-state index in [9.17, 15) is 4.79 Å². The van der Waals surface area contributed by atoms with Gasteiger partial charge in [0.1, 0.15) is 6.17 Å². The van der Waals surface area contributed by atoms with Crippen molar-refractivity contribution in [3.63, 3.8) is 0 Å². The third kappa shape index (κ3) is 6.61. The first kappa shape index (κ1) is 20.2. The predicted octanol–water partition coefficient (Wildman–Crippen LogP) is 5.93. The number of carbonyl (C=O) groups is 1. The third-order valence-electron chi connectivity index (χ3n) is 3.07. The minimum absolute atomic E-state index is 0.373. The molecule has 0 aromatic heterocycles. The molecule has 25 heavy (non-hydrogen) atoms. The van der Waals surface area contributed by atoms with Crippen LogP contribution in [-0.4, -0.2) is 15.9 Å². The van der Waals surface area contributed by atoms with E-state index in [-0.39, 0.29) is 0 Å². The van der Waals surface area contributed by atoms with Gasteiger partial charge in [0.25, 0.3) is 0 Å². The number of halogens is 5. The van der Waals surface area contributed by atoms with Crippen molar-refractivity contribution in [2.24, 2.45) is 0 Å². The molecule has 8 heteroatoms. The quantitative estimate of drug-likeness (QED) is 0.345. The molecule has 2 N–H and O–H groups in total. The summed E-state index contributed by atoms with van der Waals surface area (Å²) in [6.07, 6.45) is 1.97. The SMILES string of the molecule is O=C(C=Cc1ccccc1)NC(Nc1cc(Cl)ccc1Cl)C(Cl)(Cl)Cl. The average Bonchev–Trinajstić information content (AvgIpc) is 2.55. The molecule has 0 aliphatic carbocycles. The topological polar surface area (TPSA) is 41.1 Å². The summed E-state index contributed by atoms with van der Waals surface area (Å²) in [7, 11) is 0. The molecule has 0 fully saturated rings. The zero-order valence-electron chi connectivity index (χ0n) is 12.6. The summed E-state index contributed by atoms with van der Waals surface area (Å²) in [5, 5.41) is 6.29. The zero-order valence-corrected chi connectivity index (χ0v) is 16.4. The van der Waals surface area contributed by atoms with Crippen LogP contribution in [0.5, 0.6) is 0 Å². The average molecular weight is 439 g/mol. The third-order valence-corrected chi connectivity index (χ3v) is 4.29. The molecule has 0 bridgehead atoms. The van der Waals surface area contributed by atoms with E-state index in [1.165, 1.54) is 6.08 Å². The van der Waals surface area contributed by atoms with E-state index in [4.69, 9.17) is 58.0 Å². The van der Waals surface area contributed by atoms with Crippen molar-refractivity contribution in [2.75, 3.05) is 5.32 Å². The Morgan fingerprint density at radius 2 is 1.72 bits per heavy atom. The van der Waals surface area contributed by atoms with Gasteiger partial charge in [0, 0.05) is 11.1 Å². The molecule has 0 heterocycles. The molecule has 0 spiro atoms. The highest BCUT2D eigenvalue weighted by Gasteiger charge is 2.34. The normalized spacial score (nSPS) is 12.8. The van der Waals surface area contributed by atoms with Gasteiger partial charge < -0.3 is 10.6 Å². The van der Waals surface area contributed by atoms with Gasteiger partial charge in [-0.3, -0.25) is 4.79 Å². The molecular formula is C17H13Cl5N2O. The Bertz CT molecular complexity index is 759. The van der Waals surface area contributed by atoms with E-state index in [0.717, 1.165) is 5.56 Å². The van der Waals surface area contributed by atoms with E-state index in [1.807, 2.05) is 30.3 Å². The Morgan fingerprint density at radius 1 is 1.04 bits per heavy atom. The van der Waals surface area contributed by atoms with E-state index >= 15 is 0 Å². The van der Waals surface area contributed by atoms with Crippen molar-refractivity contribution in [1.29, 1.82) is 0 Å². The van der Waals surface area contributed by atoms with Gasteiger partial charge in [-0.25, -0.2) is 0 Å². The van der Waals surface area contributed by atoms with Crippen molar-refractivity contribution >= 4 is 75.7 Å². The van der Waals surface area contributed by atoms with Gasteiger partial charge in [-0.05, 0) is 29.8 Å². The van der Waals surface area contributed by atoms with Gasteiger partial charge in [0.2, 0.25) is 9.70 Å². The highest BCUT2D eigenvalue weighted by atomic mass is 35.6. The number of hydrogen-bond acceptors (Lipinski definition) is 2. The fraction of sp³-hybridized carbons (Fsp3) is 0.118. The second-order valence-electron chi connectivity index (χ2n) is 5.00. The van der Waals surface area contributed by atoms with E-state index in [0.29, 0.717) is 15.7 Å². The second kappa shape index (κ2) is 9.02. The molecular weight excluding hydrogens is 425 g/mol. The largest absolute Gasteiger partial charge is 0.361 e. The number of alkyl halides is 3. The highest BCUT2D eigenvalue weighted by molar-refractivity contribution is 6.68. The lowest BCUT2D eigenvalue weighted by molar-refractivity contribution is -0.116. The Labute approximate surface area is 170 Å². The zero-order chi connectivity index (χ0) is 18.4.